The molecule has 1 atom stereocenters. The van der Waals surface area contributed by atoms with Crippen molar-refractivity contribution in [3.63, 3.8) is 0 Å². The first-order valence-corrected chi connectivity index (χ1v) is 6.88. The number of aryl methyl sites for hydroxylation is 1. The Bertz CT molecular complexity index is 400. The minimum absolute atomic E-state index is 0.312. The average Bonchev–Trinajstić information content (AvgIpc) is 2.39. The van der Waals surface area contributed by atoms with Crippen LogP contribution in [0.5, 0.6) is 0 Å². The largest absolute Gasteiger partial charge is 0.373 e. The third kappa shape index (κ3) is 2.80. The van der Waals surface area contributed by atoms with Gasteiger partial charge in [-0.05, 0) is 32.6 Å². The van der Waals surface area contributed by atoms with Gasteiger partial charge >= 0.3 is 0 Å². The maximum Gasteiger partial charge on any atom is 0.162 e. The predicted molar refractivity (Wildman–Crippen MR) is 72.7 cm³/mol. The first-order chi connectivity index (χ1) is 8.68. The van der Waals surface area contributed by atoms with E-state index >= 15 is 0 Å². The fourth-order valence-corrected chi connectivity index (χ4v) is 2.36. The van der Waals surface area contributed by atoms with E-state index in [2.05, 4.69) is 24.1 Å². The van der Waals surface area contributed by atoms with E-state index in [0.717, 1.165) is 49.6 Å². The van der Waals surface area contributed by atoms with Crippen molar-refractivity contribution in [2.75, 3.05) is 19.0 Å². The van der Waals surface area contributed by atoms with E-state index in [4.69, 9.17) is 9.72 Å². The first kappa shape index (κ1) is 13.3. The molecular formula is C14H23N3O. The molecule has 1 N–H and O–H groups in total. The fourth-order valence-electron chi connectivity index (χ4n) is 2.36. The Balaban J connectivity index is 2.32. The Hall–Kier alpha value is -1.16. The number of aromatic nitrogens is 2. The summed E-state index contributed by atoms with van der Waals surface area (Å²) >= 11 is 0. The molecule has 0 saturated carbocycles. The monoisotopic (exact) mass is 249 g/mol. The fraction of sp³-hybridized carbons (Fsp3) is 0.714. The smallest absolute Gasteiger partial charge is 0.162 e. The summed E-state index contributed by atoms with van der Waals surface area (Å²) in [6.45, 7) is 5.09. The second-order valence-corrected chi connectivity index (χ2v) is 5.10. The van der Waals surface area contributed by atoms with Crippen LogP contribution in [0.3, 0.4) is 0 Å². The van der Waals surface area contributed by atoms with E-state index in [1.165, 1.54) is 6.42 Å². The summed E-state index contributed by atoms with van der Waals surface area (Å²) < 4.78 is 5.93. The van der Waals surface area contributed by atoms with Crippen LogP contribution in [0.4, 0.5) is 5.82 Å². The number of rotatable bonds is 4. The standard InChI is InChI=1S/C14H23N3O/c1-4-7-11-10-12(15-3)17-13(16-11)14(2)8-5-6-9-18-14/h10H,4-9H2,1-3H3,(H,15,16,17). The van der Waals surface area contributed by atoms with Crippen LogP contribution in [0, 0.1) is 0 Å². The summed E-state index contributed by atoms with van der Waals surface area (Å²) in [6, 6.07) is 2.03. The summed E-state index contributed by atoms with van der Waals surface area (Å²) in [6.07, 6.45) is 5.42. The van der Waals surface area contributed by atoms with Crippen molar-refractivity contribution < 1.29 is 4.74 Å². The highest BCUT2D eigenvalue weighted by atomic mass is 16.5. The molecule has 0 bridgehead atoms. The van der Waals surface area contributed by atoms with E-state index in [1.807, 2.05) is 13.1 Å². The zero-order valence-corrected chi connectivity index (χ0v) is 11.6. The van der Waals surface area contributed by atoms with Crippen LogP contribution in [-0.4, -0.2) is 23.6 Å². The molecular weight excluding hydrogens is 226 g/mol. The van der Waals surface area contributed by atoms with Crippen LogP contribution in [0.15, 0.2) is 6.07 Å². The molecule has 4 heteroatoms. The third-order valence-corrected chi connectivity index (χ3v) is 3.48. The summed E-state index contributed by atoms with van der Waals surface area (Å²) in [5.74, 6) is 1.72. The van der Waals surface area contributed by atoms with Gasteiger partial charge in [0.15, 0.2) is 5.82 Å². The van der Waals surface area contributed by atoms with Crippen molar-refractivity contribution in [3.05, 3.63) is 17.6 Å². The van der Waals surface area contributed by atoms with E-state index in [-0.39, 0.29) is 5.60 Å². The van der Waals surface area contributed by atoms with Gasteiger partial charge in [0.25, 0.3) is 0 Å². The minimum atomic E-state index is -0.312. The second kappa shape index (κ2) is 5.65. The summed E-state index contributed by atoms with van der Waals surface area (Å²) in [4.78, 5) is 9.27. The van der Waals surface area contributed by atoms with Crippen molar-refractivity contribution in [1.29, 1.82) is 0 Å². The van der Waals surface area contributed by atoms with Gasteiger partial charge in [-0.1, -0.05) is 13.3 Å². The summed E-state index contributed by atoms with van der Waals surface area (Å²) in [7, 11) is 1.89. The quantitative estimate of drug-likeness (QED) is 0.891. The van der Waals surface area contributed by atoms with Gasteiger partial charge in [-0.15, -0.1) is 0 Å². The Morgan fingerprint density at radius 3 is 2.83 bits per heavy atom. The van der Waals surface area contributed by atoms with Crippen LogP contribution in [0.25, 0.3) is 0 Å². The molecule has 1 aliphatic rings. The van der Waals surface area contributed by atoms with E-state index in [0.29, 0.717) is 0 Å². The van der Waals surface area contributed by atoms with Gasteiger partial charge in [0.05, 0.1) is 0 Å². The molecule has 2 heterocycles. The molecule has 0 aromatic carbocycles. The van der Waals surface area contributed by atoms with Gasteiger partial charge in [0, 0.05) is 25.4 Å². The SMILES string of the molecule is CCCc1cc(NC)nc(C2(C)CCCCO2)n1. The molecule has 1 aromatic heterocycles. The van der Waals surface area contributed by atoms with Crippen molar-refractivity contribution in [1.82, 2.24) is 9.97 Å². The number of nitrogens with one attached hydrogen (secondary N) is 1. The van der Waals surface area contributed by atoms with Crippen LogP contribution < -0.4 is 5.32 Å². The average molecular weight is 249 g/mol. The molecule has 4 nitrogen and oxygen atoms in total. The number of ether oxygens (including phenoxy) is 1. The van der Waals surface area contributed by atoms with Crippen molar-refractivity contribution in [2.24, 2.45) is 0 Å². The van der Waals surface area contributed by atoms with E-state index in [9.17, 15) is 0 Å². The topological polar surface area (TPSA) is 47.0 Å². The molecule has 0 spiro atoms. The van der Waals surface area contributed by atoms with Gasteiger partial charge in [0.1, 0.15) is 11.4 Å². The van der Waals surface area contributed by atoms with Crippen LogP contribution in [0.2, 0.25) is 0 Å². The molecule has 2 rings (SSSR count). The van der Waals surface area contributed by atoms with Gasteiger partial charge in [-0.3, -0.25) is 0 Å². The van der Waals surface area contributed by atoms with Gasteiger partial charge < -0.3 is 10.1 Å². The van der Waals surface area contributed by atoms with Crippen LogP contribution in [-0.2, 0) is 16.8 Å². The number of hydrogen-bond acceptors (Lipinski definition) is 4. The Labute approximate surface area is 109 Å². The molecule has 0 amide bonds. The Morgan fingerprint density at radius 2 is 2.22 bits per heavy atom. The number of nitrogens with zero attached hydrogens (tertiary/aromatic N) is 2. The maximum absolute atomic E-state index is 5.93. The highest BCUT2D eigenvalue weighted by Gasteiger charge is 2.33. The highest BCUT2D eigenvalue weighted by Crippen LogP contribution is 2.33. The second-order valence-electron chi connectivity index (χ2n) is 5.10. The van der Waals surface area contributed by atoms with E-state index < -0.39 is 0 Å². The first-order valence-electron chi connectivity index (χ1n) is 6.88. The zero-order valence-electron chi connectivity index (χ0n) is 11.6. The lowest BCUT2D eigenvalue weighted by Gasteiger charge is -2.32. The lowest BCUT2D eigenvalue weighted by Crippen LogP contribution is -2.32. The Kier molecular flexibility index (Phi) is 4.17. The van der Waals surface area contributed by atoms with Crippen molar-refractivity contribution >= 4 is 5.82 Å². The normalized spacial score (nSPS) is 23.9. The van der Waals surface area contributed by atoms with Gasteiger partial charge in [-0.2, -0.15) is 0 Å². The molecule has 100 valence electrons. The molecule has 1 saturated heterocycles. The predicted octanol–water partition coefficient (Wildman–Crippen LogP) is 2.89. The molecule has 1 aliphatic heterocycles. The summed E-state index contributed by atoms with van der Waals surface area (Å²) in [5, 5.41) is 3.12. The van der Waals surface area contributed by atoms with E-state index in [1.54, 1.807) is 0 Å². The van der Waals surface area contributed by atoms with Crippen molar-refractivity contribution in [3.8, 4) is 0 Å². The molecule has 1 aromatic rings. The Morgan fingerprint density at radius 1 is 1.39 bits per heavy atom. The summed E-state index contributed by atoms with van der Waals surface area (Å²) in [5.41, 5.74) is 0.787. The van der Waals surface area contributed by atoms with Gasteiger partial charge in [0.2, 0.25) is 0 Å². The van der Waals surface area contributed by atoms with Crippen LogP contribution in [0.1, 0.15) is 51.0 Å². The lowest BCUT2D eigenvalue weighted by molar-refractivity contribution is -0.0760. The van der Waals surface area contributed by atoms with Crippen LogP contribution >= 0.6 is 0 Å². The molecule has 1 fully saturated rings. The lowest BCUT2D eigenvalue weighted by atomic mass is 9.95. The minimum Gasteiger partial charge on any atom is -0.373 e. The number of anilines is 1. The number of hydrogen-bond donors (Lipinski definition) is 1. The molecule has 1 unspecified atom stereocenters. The highest BCUT2D eigenvalue weighted by molar-refractivity contribution is 5.36. The molecule has 0 radical (unpaired) electrons. The van der Waals surface area contributed by atoms with Crippen molar-refractivity contribution in [2.45, 2.75) is 51.6 Å². The molecule has 18 heavy (non-hydrogen) atoms. The third-order valence-electron chi connectivity index (χ3n) is 3.48. The maximum atomic E-state index is 5.93. The van der Waals surface area contributed by atoms with Gasteiger partial charge in [-0.25, -0.2) is 9.97 Å². The zero-order chi connectivity index (χ0) is 13.0. The molecule has 0 aliphatic carbocycles.